The van der Waals surface area contributed by atoms with Crippen LogP contribution >= 0.6 is 0 Å². The molecule has 3 amide bonds. The number of carbonyl (C=O) groups is 3. The molecule has 0 radical (unpaired) electrons. The van der Waals surface area contributed by atoms with Crippen LogP contribution in [0.25, 0.3) is 0 Å². The highest BCUT2D eigenvalue weighted by Crippen LogP contribution is 2.59. The maximum absolute atomic E-state index is 14.7. The van der Waals surface area contributed by atoms with E-state index in [1.807, 2.05) is 52.0 Å². The number of hydrogen-bond acceptors (Lipinski definition) is 6. The lowest BCUT2D eigenvalue weighted by atomic mass is 9.70. The number of fused-ring (bicyclic) bond motifs is 1. The second-order valence-electron chi connectivity index (χ2n) is 12.8. The standard InChI is InChI=1S/C35H51N3O6/c1-8-12-24(7)36(19-9-2)34(42)31-35-18-17-28(44-35)29(30(35)33(41)38(31)26(22-39)21-23(5)6)32(40)37(20-10-3)25-13-15-27(16-14-25)43-11-4/h9-10,13-16,23-24,26,28-31,39H,2-3,8,11-12,17-22H2,1,4-7H3/t24?,26-,28-,29+,30+,31?,35?/m1/s1. The van der Waals surface area contributed by atoms with E-state index < -0.39 is 35.6 Å². The molecule has 0 aliphatic carbocycles. The Morgan fingerprint density at radius 3 is 2.39 bits per heavy atom. The lowest BCUT2D eigenvalue weighted by Gasteiger charge is -2.41. The molecule has 7 atom stereocenters. The van der Waals surface area contributed by atoms with Crippen LogP contribution in [-0.4, -0.2) is 88.8 Å². The van der Waals surface area contributed by atoms with Gasteiger partial charge in [0.25, 0.3) is 0 Å². The summed E-state index contributed by atoms with van der Waals surface area (Å²) in [6.45, 7) is 18.7. The molecule has 3 aliphatic heterocycles. The number of ether oxygens (including phenoxy) is 2. The van der Waals surface area contributed by atoms with E-state index in [-0.39, 0.29) is 42.8 Å². The Bertz CT molecular complexity index is 1200. The molecule has 0 saturated carbocycles. The van der Waals surface area contributed by atoms with Crippen molar-refractivity contribution in [2.24, 2.45) is 17.8 Å². The fourth-order valence-corrected chi connectivity index (χ4v) is 7.74. The molecule has 1 aromatic carbocycles. The van der Waals surface area contributed by atoms with E-state index in [1.54, 1.807) is 26.9 Å². The number of rotatable bonds is 16. The summed E-state index contributed by atoms with van der Waals surface area (Å²) in [5.41, 5.74) is -0.475. The van der Waals surface area contributed by atoms with Crippen molar-refractivity contribution >= 4 is 23.4 Å². The summed E-state index contributed by atoms with van der Waals surface area (Å²) >= 11 is 0. The predicted molar refractivity (Wildman–Crippen MR) is 171 cm³/mol. The van der Waals surface area contributed by atoms with Crippen LogP contribution in [0.15, 0.2) is 49.6 Å². The van der Waals surface area contributed by atoms with Crippen LogP contribution < -0.4 is 9.64 Å². The molecule has 3 saturated heterocycles. The molecule has 3 unspecified atom stereocenters. The van der Waals surface area contributed by atoms with E-state index >= 15 is 0 Å². The van der Waals surface area contributed by atoms with Gasteiger partial charge < -0.3 is 29.3 Å². The van der Waals surface area contributed by atoms with Crippen molar-refractivity contribution in [3.63, 3.8) is 0 Å². The summed E-state index contributed by atoms with van der Waals surface area (Å²) < 4.78 is 12.3. The van der Waals surface area contributed by atoms with Crippen LogP contribution in [0.1, 0.15) is 66.7 Å². The summed E-state index contributed by atoms with van der Waals surface area (Å²) in [6, 6.07) is 5.72. The van der Waals surface area contributed by atoms with Crippen LogP contribution in [0.2, 0.25) is 0 Å². The van der Waals surface area contributed by atoms with E-state index in [9.17, 15) is 19.5 Å². The van der Waals surface area contributed by atoms with Gasteiger partial charge in [-0.2, -0.15) is 0 Å². The molecule has 242 valence electrons. The summed E-state index contributed by atoms with van der Waals surface area (Å²) in [5, 5.41) is 10.6. The minimum Gasteiger partial charge on any atom is -0.494 e. The summed E-state index contributed by atoms with van der Waals surface area (Å²) in [6.07, 6.45) is 6.19. The molecular formula is C35H51N3O6. The Morgan fingerprint density at radius 1 is 1.14 bits per heavy atom. The lowest BCUT2D eigenvalue weighted by molar-refractivity contribution is -0.152. The van der Waals surface area contributed by atoms with Crippen LogP contribution in [0.3, 0.4) is 0 Å². The molecule has 0 aromatic heterocycles. The smallest absolute Gasteiger partial charge is 0.248 e. The largest absolute Gasteiger partial charge is 0.494 e. The van der Waals surface area contributed by atoms with Crippen molar-refractivity contribution < 1.29 is 29.0 Å². The zero-order valence-electron chi connectivity index (χ0n) is 27.1. The number of aliphatic hydroxyl groups is 1. The molecular weight excluding hydrogens is 558 g/mol. The highest BCUT2D eigenvalue weighted by molar-refractivity contribution is 6.03. The fraction of sp³-hybridized carbons (Fsp3) is 0.629. The molecule has 9 nitrogen and oxygen atoms in total. The first-order chi connectivity index (χ1) is 21.1. The molecule has 1 aromatic rings. The maximum Gasteiger partial charge on any atom is 0.248 e. The van der Waals surface area contributed by atoms with Gasteiger partial charge in [0, 0.05) is 24.8 Å². The molecule has 3 aliphatic rings. The number of anilines is 1. The highest BCUT2D eigenvalue weighted by atomic mass is 16.5. The fourth-order valence-electron chi connectivity index (χ4n) is 7.74. The number of aliphatic hydroxyl groups excluding tert-OH is 1. The lowest BCUT2D eigenvalue weighted by Crippen LogP contribution is -2.60. The first-order valence-electron chi connectivity index (χ1n) is 16.3. The second-order valence-corrected chi connectivity index (χ2v) is 12.8. The van der Waals surface area contributed by atoms with E-state index in [0.29, 0.717) is 43.9 Å². The Balaban J connectivity index is 1.78. The Hall–Kier alpha value is -3.17. The summed E-state index contributed by atoms with van der Waals surface area (Å²) in [7, 11) is 0. The number of likely N-dealkylation sites (tertiary alicyclic amines) is 1. The van der Waals surface area contributed by atoms with Gasteiger partial charge in [-0.15, -0.1) is 13.2 Å². The van der Waals surface area contributed by atoms with E-state index in [4.69, 9.17) is 9.47 Å². The summed E-state index contributed by atoms with van der Waals surface area (Å²) in [4.78, 5) is 48.8. The molecule has 2 bridgehead atoms. The topological polar surface area (TPSA) is 99.6 Å². The van der Waals surface area contributed by atoms with E-state index in [1.165, 1.54) is 0 Å². The third kappa shape index (κ3) is 6.05. The van der Waals surface area contributed by atoms with E-state index in [0.717, 1.165) is 12.8 Å². The van der Waals surface area contributed by atoms with Gasteiger partial charge in [0.05, 0.1) is 37.2 Å². The zero-order chi connectivity index (χ0) is 32.2. The first kappa shape index (κ1) is 33.7. The average Bonchev–Trinajstić information content (AvgIpc) is 3.65. The predicted octanol–water partition coefficient (Wildman–Crippen LogP) is 4.59. The third-order valence-electron chi connectivity index (χ3n) is 9.49. The first-order valence-corrected chi connectivity index (χ1v) is 16.3. The minimum absolute atomic E-state index is 0.0747. The van der Waals surface area contributed by atoms with Crippen LogP contribution in [0.4, 0.5) is 5.69 Å². The number of nitrogens with zero attached hydrogens (tertiary/aromatic N) is 3. The molecule has 1 N–H and O–H groups in total. The number of amides is 3. The number of benzene rings is 1. The Kier molecular flexibility index (Phi) is 10.9. The van der Waals surface area contributed by atoms with Gasteiger partial charge in [-0.3, -0.25) is 14.4 Å². The van der Waals surface area contributed by atoms with Gasteiger partial charge in [-0.1, -0.05) is 39.3 Å². The molecule has 4 rings (SSSR count). The number of hydrogen-bond donors (Lipinski definition) is 1. The zero-order valence-corrected chi connectivity index (χ0v) is 27.1. The van der Waals surface area contributed by atoms with Crippen molar-refractivity contribution in [2.75, 3.05) is 31.2 Å². The molecule has 1 spiro atoms. The van der Waals surface area contributed by atoms with Crippen molar-refractivity contribution in [3.8, 4) is 5.75 Å². The van der Waals surface area contributed by atoms with Gasteiger partial charge in [0.1, 0.15) is 17.4 Å². The van der Waals surface area contributed by atoms with E-state index in [2.05, 4.69) is 20.1 Å². The van der Waals surface area contributed by atoms with Crippen LogP contribution in [0, 0.1) is 17.8 Å². The molecule has 9 heteroatoms. The third-order valence-corrected chi connectivity index (χ3v) is 9.49. The van der Waals surface area contributed by atoms with Gasteiger partial charge >= 0.3 is 0 Å². The van der Waals surface area contributed by atoms with Gasteiger partial charge in [-0.25, -0.2) is 0 Å². The van der Waals surface area contributed by atoms with Gasteiger partial charge in [0.2, 0.25) is 17.7 Å². The van der Waals surface area contributed by atoms with Crippen molar-refractivity contribution in [1.29, 1.82) is 0 Å². The summed E-state index contributed by atoms with van der Waals surface area (Å²) in [5.74, 6) is -1.42. The molecule has 3 fully saturated rings. The monoisotopic (exact) mass is 609 g/mol. The Labute approximate surface area is 262 Å². The molecule has 44 heavy (non-hydrogen) atoms. The number of carbonyl (C=O) groups excluding carboxylic acids is 3. The van der Waals surface area contributed by atoms with Crippen molar-refractivity contribution in [1.82, 2.24) is 9.80 Å². The SMILES string of the molecule is C=CCN(C(=O)[C@@H]1[C@H]2C(=O)N([C@@H](CO)CC(C)C)C(C(=O)N(CC=C)C(C)CCC)C23CC[C@H]1O3)c1ccc(OCC)cc1. The highest BCUT2D eigenvalue weighted by Gasteiger charge is 2.75. The normalized spacial score (nSPS) is 26.8. The quantitative estimate of drug-likeness (QED) is 0.275. The van der Waals surface area contributed by atoms with Crippen molar-refractivity contribution in [2.45, 2.75) is 96.6 Å². The molecule has 3 heterocycles. The second kappa shape index (κ2) is 14.3. The van der Waals surface area contributed by atoms with Crippen molar-refractivity contribution in [3.05, 3.63) is 49.6 Å². The van der Waals surface area contributed by atoms with Crippen LogP contribution in [-0.2, 0) is 19.1 Å². The van der Waals surface area contributed by atoms with Gasteiger partial charge in [0.15, 0.2) is 0 Å². The Morgan fingerprint density at radius 2 is 1.82 bits per heavy atom. The van der Waals surface area contributed by atoms with Gasteiger partial charge in [-0.05, 0) is 69.7 Å². The maximum atomic E-state index is 14.7. The average molecular weight is 610 g/mol. The van der Waals surface area contributed by atoms with Crippen LogP contribution in [0.5, 0.6) is 5.75 Å². The minimum atomic E-state index is -1.15.